The Balaban J connectivity index is 2.97. The third kappa shape index (κ3) is 3.22. The second-order valence-electron chi connectivity index (χ2n) is 3.95. The van der Waals surface area contributed by atoms with Crippen molar-refractivity contribution in [3.8, 4) is 5.75 Å². The summed E-state index contributed by atoms with van der Waals surface area (Å²) >= 11 is 3.33. The van der Waals surface area contributed by atoms with Crippen LogP contribution in [0.25, 0.3) is 0 Å². The monoisotopic (exact) mass is 299 g/mol. The van der Waals surface area contributed by atoms with Crippen molar-refractivity contribution in [3.63, 3.8) is 0 Å². The summed E-state index contributed by atoms with van der Waals surface area (Å²) in [4.78, 5) is 11.6. The van der Waals surface area contributed by atoms with E-state index in [9.17, 15) is 4.79 Å². The van der Waals surface area contributed by atoms with E-state index in [2.05, 4.69) is 21.2 Å². The first-order valence-corrected chi connectivity index (χ1v) is 6.52. The molecule has 4 heteroatoms. The highest BCUT2D eigenvalue weighted by Crippen LogP contribution is 2.29. The van der Waals surface area contributed by atoms with Crippen LogP contribution in [0.5, 0.6) is 5.75 Å². The van der Waals surface area contributed by atoms with Crippen LogP contribution >= 0.6 is 15.9 Å². The molecule has 0 aliphatic rings. The summed E-state index contributed by atoms with van der Waals surface area (Å²) < 4.78 is 5.32. The number of carbonyl (C=O) groups excluding carboxylic acids is 1. The molecular weight excluding hydrogens is 282 g/mol. The maximum Gasteiger partial charge on any atom is 0.238 e. The molecule has 94 valence electrons. The van der Waals surface area contributed by atoms with E-state index in [1.165, 1.54) is 0 Å². The summed E-state index contributed by atoms with van der Waals surface area (Å²) in [5.74, 6) is 0.798. The lowest BCUT2D eigenvalue weighted by molar-refractivity contribution is -0.115. The predicted octanol–water partition coefficient (Wildman–Crippen LogP) is 3.42. The molecule has 1 aromatic carbocycles. The summed E-state index contributed by atoms with van der Waals surface area (Å²) in [5.41, 5.74) is 2.82. The molecule has 1 atom stereocenters. The normalized spacial score (nSPS) is 12.1. The Kier molecular flexibility index (Phi) is 5.00. The number of benzene rings is 1. The van der Waals surface area contributed by atoms with Crippen molar-refractivity contribution in [2.75, 3.05) is 12.4 Å². The van der Waals surface area contributed by atoms with Gasteiger partial charge in [0.25, 0.3) is 0 Å². The maximum atomic E-state index is 11.8. The third-order valence-corrected chi connectivity index (χ3v) is 3.77. The average Bonchev–Trinajstić information content (AvgIpc) is 2.32. The maximum absolute atomic E-state index is 11.8. The first-order chi connectivity index (χ1) is 8.01. The standard InChI is InChI=1S/C13H18BrNO2/c1-5-10(14)13(16)15-11-7-6-8(2)12(17-4)9(11)3/h6-7,10H,5H2,1-4H3,(H,15,16). The van der Waals surface area contributed by atoms with Crippen molar-refractivity contribution in [1.82, 2.24) is 0 Å². The number of nitrogens with one attached hydrogen (secondary N) is 1. The van der Waals surface area contributed by atoms with E-state index in [4.69, 9.17) is 4.74 Å². The number of halogens is 1. The Labute approximate surface area is 111 Å². The van der Waals surface area contributed by atoms with E-state index >= 15 is 0 Å². The number of rotatable bonds is 4. The van der Waals surface area contributed by atoms with E-state index in [-0.39, 0.29) is 10.7 Å². The number of carbonyl (C=O) groups is 1. The van der Waals surface area contributed by atoms with Crippen LogP contribution in [-0.4, -0.2) is 17.8 Å². The molecule has 3 nitrogen and oxygen atoms in total. The van der Waals surface area contributed by atoms with Crippen molar-refractivity contribution >= 4 is 27.5 Å². The van der Waals surface area contributed by atoms with Gasteiger partial charge in [0.15, 0.2) is 0 Å². The van der Waals surface area contributed by atoms with Gasteiger partial charge in [-0.25, -0.2) is 0 Å². The van der Waals surface area contributed by atoms with Gasteiger partial charge in [-0.05, 0) is 31.9 Å². The Hall–Kier alpha value is -1.03. The quantitative estimate of drug-likeness (QED) is 0.865. The molecule has 17 heavy (non-hydrogen) atoms. The summed E-state index contributed by atoms with van der Waals surface area (Å²) in [5, 5.41) is 2.90. The minimum Gasteiger partial charge on any atom is -0.496 e. The number of ether oxygens (including phenoxy) is 1. The van der Waals surface area contributed by atoms with Crippen LogP contribution in [0.15, 0.2) is 12.1 Å². The lowest BCUT2D eigenvalue weighted by Crippen LogP contribution is -2.22. The molecule has 0 aliphatic carbocycles. The molecule has 1 N–H and O–H groups in total. The zero-order valence-corrected chi connectivity index (χ0v) is 12.2. The van der Waals surface area contributed by atoms with Crippen molar-refractivity contribution in [2.24, 2.45) is 0 Å². The van der Waals surface area contributed by atoms with Crippen molar-refractivity contribution in [2.45, 2.75) is 32.0 Å². The molecule has 0 saturated heterocycles. The largest absolute Gasteiger partial charge is 0.496 e. The van der Waals surface area contributed by atoms with Gasteiger partial charge < -0.3 is 10.1 Å². The molecule has 0 radical (unpaired) electrons. The zero-order chi connectivity index (χ0) is 13.0. The molecule has 0 aliphatic heterocycles. The predicted molar refractivity (Wildman–Crippen MR) is 74.1 cm³/mol. The van der Waals surface area contributed by atoms with E-state index in [0.717, 1.165) is 29.0 Å². The average molecular weight is 300 g/mol. The first kappa shape index (κ1) is 14.0. The molecule has 1 rings (SSSR count). The highest BCUT2D eigenvalue weighted by Gasteiger charge is 2.15. The molecule has 1 unspecified atom stereocenters. The number of amides is 1. The molecule has 0 spiro atoms. The van der Waals surface area contributed by atoms with Gasteiger partial charge in [0.1, 0.15) is 5.75 Å². The van der Waals surface area contributed by atoms with Gasteiger partial charge in [-0.1, -0.05) is 28.9 Å². The van der Waals surface area contributed by atoms with E-state index in [1.807, 2.05) is 32.9 Å². The molecule has 0 bridgehead atoms. The Bertz CT molecular complexity index is 418. The Morgan fingerprint density at radius 3 is 2.65 bits per heavy atom. The van der Waals surface area contributed by atoms with Gasteiger partial charge in [0.2, 0.25) is 5.91 Å². The third-order valence-electron chi connectivity index (χ3n) is 2.71. The number of aryl methyl sites for hydroxylation is 1. The van der Waals surface area contributed by atoms with E-state index in [1.54, 1.807) is 7.11 Å². The number of alkyl halides is 1. The smallest absolute Gasteiger partial charge is 0.238 e. The second kappa shape index (κ2) is 6.05. The van der Waals surface area contributed by atoms with Crippen molar-refractivity contribution in [1.29, 1.82) is 0 Å². The summed E-state index contributed by atoms with van der Waals surface area (Å²) in [6.07, 6.45) is 0.758. The lowest BCUT2D eigenvalue weighted by atomic mass is 10.1. The van der Waals surface area contributed by atoms with Crippen LogP contribution < -0.4 is 10.1 Å². The zero-order valence-electron chi connectivity index (χ0n) is 10.6. The van der Waals surface area contributed by atoms with Crippen molar-refractivity contribution in [3.05, 3.63) is 23.3 Å². The van der Waals surface area contributed by atoms with Crippen LogP contribution in [0.2, 0.25) is 0 Å². The van der Waals surface area contributed by atoms with Crippen LogP contribution in [-0.2, 0) is 4.79 Å². The minimum absolute atomic E-state index is 0.0264. The number of hydrogen-bond donors (Lipinski definition) is 1. The van der Waals surface area contributed by atoms with Gasteiger partial charge in [-0.15, -0.1) is 0 Å². The van der Waals surface area contributed by atoms with Gasteiger partial charge in [0, 0.05) is 11.3 Å². The molecule has 0 aromatic heterocycles. The van der Waals surface area contributed by atoms with Gasteiger partial charge in [-0.2, -0.15) is 0 Å². The second-order valence-corrected chi connectivity index (χ2v) is 5.06. The molecule has 0 saturated carbocycles. The first-order valence-electron chi connectivity index (χ1n) is 5.60. The van der Waals surface area contributed by atoms with Crippen LogP contribution in [0.3, 0.4) is 0 Å². The molecular formula is C13H18BrNO2. The lowest BCUT2D eigenvalue weighted by Gasteiger charge is -2.15. The fourth-order valence-corrected chi connectivity index (χ4v) is 1.79. The highest BCUT2D eigenvalue weighted by molar-refractivity contribution is 9.10. The van der Waals surface area contributed by atoms with Gasteiger partial charge in [0.05, 0.1) is 11.9 Å². The number of hydrogen-bond acceptors (Lipinski definition) is 2. The minimum atomic E-state index is -0.158. The number of methoxy groups -OCH3 is 1. The molecule has 0 heterocycles. The SMILES string of the molecule is CCC(Br)C(=O)Nc1ccc(C)c(OC)c1C. The highest BCUT2D eigenvalue weighted by atomic mass is 79.9. The van der Waals surface area contributed by atoms with E-state index < -0.39 is 0 Å². The molecule has 0 fully saturated rings. The molecule has 1 aromatic rings. The van der Waals surface area contributed by atoms with Crippen LogP contribution in [0.4, 0.5) is 5.69 Å². The van der Waals surface area contributed by atoms with Crippen LogP contribution in [0, 0.1) is 13.8 Å². The van der Waals surface area contributed by atoms with Gasteiger partial charge in [-0.3, -0.25) is 4.79 Å². The summed E-state index contributed by atoms with van der Waals surface area (Å²) in [7, 11) is 1.64. The fourth-order valence-electron chi connectivity index (χ4n) is 1.67. The fraction of sp³-hybridized carbons (Fsp3) is 0.462. The number of anilines is 1. The summed E-state index contributed by atoms with van der Waals surface area (Å²) in [6.45, 7) is 5.88. The molecule has 1 amide bonds. The van der Waals surface area contributed by atoms with Gasteiger partial charge >= 0.3 is 0 Å². The Morgan fingerprint density at radius 1 is 1.47 bits per heavy atom. The van der Waals surface area contributed by atoms with Crippen molar-refractivity contribution < 1.29 is 9.53 Å². The Morgan fingerprint density at radius 2 is 2.12 bits per heavy atom. The van der Waals surface area contributed by atoms with Crippen LogP contribution in [0.1, 0.15) is 24.5 Å². The summed E-state index contributed by atoms with van der Waals surface area (Å²) in [6, 6.07) is 3.84. The topological polar surface area (TPSA) is 38.3 Å². The van der Waals surface area contributed by atoms with E-state index in [0.29, 0.717) is 0 Å².